The predicted molar refractivity (Wildman–Crippen MR) is 75.7 cm³/mol. The number of rotatable bonds is 8. The molecule has 1 atom stereocenters. The number of nitrogens with one attached hydrogen (secondary N) is 1. The lowest BCUT2D eigenvalue weighted by Crippen LogP contribution is -2.44. The molecule has 0 bridgehead atoms. The van der Waals surface area contributed by atoms with Gasteiger partial charge in [-0.2, -0.15) is 0 Å². The molecule has 1 aliphatic rings. The highest BCUT2D eigenvalue weighted by atomic mass is 16.2. The number of hydrogen-bond donors (Lipinski definition) is 1. The standard InChI is InChI=1S/C14H29N3O/c1-4-6-10-17(11-13-8-7-9-15-13)12-14(18)16(3)5-2/h13,15H,4-12H2,1-3H3. The molecule has 1 aliphatic heterocycles. The van der Waals surface area contributed by atoms with Crippen LogP contribution in [0.5, 0.6) is 0 Å². The maximum Gasteiger partial charge on any atom is 0.236 e. The van der Waals surface area contributed by atoms with Gasteiger partial charge in [0.05, 0.1) is 6.54 Å². The van der Waals surface area contributed by atoms with E-state index in [-0.39, 0.29) is 5.91 Å². The van der Waals surface area contributed by atoms with Gasteiger partial charge in [-0.1, -0.05) is 13.3 Å². The smallest absolute Gasteiger partial charge is 0.236 e. The summed E-state index contributed by atoms with van der Waals surface area (Å²) in [5, 5.41) is 3.51. The molecule has 1 heterocycles. The quantitative estimate of drug-likeness (QED) is 0.710. The zero-order valence-corrected chi connectivity index (χ0v) is 12.2. The van der Waals surface area contributed by atoms with Gasteiger partial charge in [0.25, 0.3) is 0 Å². The first kappa shape index (κ1) is 15.4. The van der Waals surface area contributed by atoms with Crippen LogP contribution in [-0.4, -0.2) is 61.5 Å². The van der Waals surface area contributed by atoms with Gasteiger partial charge in [0.1, 0.15) is 0 Å². The highest BCUT2D eigenvalue weighted by molar-refractivity contribution is 5.77. The van der Waals surface area contributed by atoms with Crippen molar-refractivity contribution in [3.05, 3.63) is 0 Å². The van der Waals surface area contributed by atoms with Gasteiger partial charge in [0, 0.05) is 26.2 Å². The Morgan fingerprint density at radius 1 is 1.39 bits per heavy atom. The van der Waals surface area contributed by atoms with E-state index in [4.69, 9.17) is 0 Å². The number of hydrogen-bond acceptors (Lipinski definition) is 3. The van der Waals surface area contributed by atoms with Crippen LogP contribution in [0.25, 0.3) is 0 Å². The molecule has 0 aromatic rings. The second kappa shape index (κ2) is 8.48. The lowest BCUT2D eigenvalue weighted by atomic mass is 10.2. The van der Waals surface area contributed by atoms with Gasteiger partial charge in [-0.05, 0) is 39.3 Å². The molecule has 1 amide bonds. The minimum atomic E-state index is 0.242. The van der Waals surface area contributed by atoms with Crippen molar-refractivity contribution in [2.75, 3.05) is 39.8 Å². The van der Waals surface area contributed by atoms with Crippen LogP contribution in [0.4, 0.5) is 0 Å². The maximum atomic E-state index is 12.0. The molecule has 4 nitrogen and oxygen atoms in total. The van der Waals surface area contributed by atoms with Gasteiger partial charge < -0.3 is 10.2 Å². The molecule has 4 heteroatoms. The summed E-state index contributed by atoms with van der Waals surface area (Å²) in [4.78, 5) is 16.1. The summed E-state index contributed by atoms with van der Waals surface area (Å²) in [6.07, 6.45) is 4.89. The number of carbonyl (C=O) groups excluding carboxylic acids is 1. The molecule has 1 rings (SSSR count). The monoisotopic (exact) mass is 255 g/mol. The van der Waals surface area contributed by atoms with E-state index in [9.17, 15) is 4.79 Å². The molecular formula is C14H29N3O. The maximum absolute atomic E-state index is 12.0. The minimum absolute atomic E-state index is 0.242. The van der Waals surface area contributed by atoms with Crippen LogP contribution in [-0.2, 0) is 4.79 Å². The van der Waals surface area contributed by atoms with E-state index >= 15 is 0 Å². The number of nitrogens with zero attached hydrogens (tertiary/aromatic N) is 2. The van der Waals surface area contributed by atoms with Crippen LogP contribution in [0, 0.1) is 0 Å². The Labute approximate surface area is 112 Å². The SMILES string of the molecule is CCCCN(CC(=O)N(C)CC)CC1CCCN1. The molecule has 0 radical (unpaired) electrons. The summed E-state index contributed by atoms with van der Waals surface area (Å²) in [6, 6.07) is 0.585. The lowest BCUT2D eigenvalue weighted by Gasteiger charge is -2.27. The molecular weight excluding hydrogens is 226 g/mol. The molecule has 0 saturated carbocycles. The zero-order valence-electron chi connectivity index (χ0n) is 12.2. The van der Waals surface area contributed by atoms with Crippen LogP contribution < -0.4 is 5.32 Å². The fraction of sp³-hybridized carbons (Fsp3) is 0.929. The molecule has 0 spiro atoms. The normalized spacial score (nSPS) is 19.4. The molecule has 0 aliphatic carbocycles. The summed E-state index contributed by atoms with van der Waals surface area (Å²) < 4.78 is 0. The topological polar surface area (TPSA) is 35.6 Å². The highest BCUT2D eigenvalue weighted by Crippen LogP contribution is 2.08. The average Bonchev–Trinajstić information content (AvgIpc) is 2.87. The average molecular weight is 255 g/mol. The fourth-order valence-electron chi connectivity index (χ4n) is 2.33. The highest BCUT2D eigenvalue weighted by Gasteiger charge is 2.20. The molecule has 106 valence electrons. The molecule has 1 N–H and O–H groups in total. The van der Waals surface area contributed by atoms with Gasteiger partial charge in [0.15, 0.2) is 0 Å². The first-order valence-electron chi connectivity index (χ1n) is 7.37. The zero-order chi connectivity index (χ0) is 13.4. The Bertz CT molecular complexity index is 239. The van der Waals surface area contributed by atoms with Gasteiger partial charge >= 0.3 is 0 Å². The molecule has 18 heavy (non-hydrogen) atoms. The largest absolute Gasteiger partial charge is 0.345 e. The van der Waals surface area contributed by atoms with Crippen molar-refractivity contribution >= 4 is 5.91 Å². The summed E-state index contributed by atoms with van der Waals surface area (Å²) in [6.45, 7) is 8.78. The predicted octanol–water partition coefficient (Wildman–Crippen LogP) is 1.32. The van der Waals surface area contributed by atoms with Crippen molar-refractivity contribution in [3.63, 3.8) is 0 Å². The van der Waals surface area contributed by atoms with Crippen molar-refractivity contribution < 1.29 is 4.79 Å². The van der Waals surface area contributed by atoms with Gasteiger partial charge in [-0.15, -0.1) is 0 Å². The lowest BCUT2D eigenvalue weighted by molar-refractivity contribution is -0.131. The number of unbranched alkanes of at least 4 members (excludes halogenated alkanes) is 1. The van der Waals surface area contributed by atoms with Crippen LogP contribution in [0.1, 0.15) is 39.5 Å². The minimum Gasteiger partial charge on any atom is -0.345 e. The second-order valence-corrected chi connectivity index (χ2v) is 5.29. The van der Waals surface area contributed by atoms with Crippen molar-refractivity contribution in [2.45, 2.75) is 45.6 Å². The van der Waals surface area contributed by atoms with Crippen molar-refractivity contribution in [1.29, 1.82) is 0 Å². The van der Waals surface area contributed by atoms with E-state index in [0.717, 1.165) is 26.2 Å². The van der Waals surface area contributed by atoms with Gasteiger partial charge in [0.2, 0.25) is 5.91 Å². The third-order valence-corrected chi connectivity index (χ3v) is 3.73. The first-order valence-corrected chi connectivity index (χ1v) is 7.37. The first-order chi connectivity index (χ1) is 8.67. The van der Waals surface area contributed by atoms with Crippen molar-refractivity contribution in [2.24, 2.45) is 0 Å². The van der Waals surface area contributed by atoms with Crippen LogP contribution in [0.3, 0.4) is 0 Å². The van der Waals surface area contributed by atoms with Crippen LogP contribution in [0.2, 0.25) is 0 Å². The Balaban J connectivity index is 2.40. The van der Waals surface area contributed by atoms with E-state index in [2.05, 4.69) is 17.1 Å². The van der Waals surface area contributed by atoms with E-state index < -0.39 is 0 Å². The Hall–Kier alpha value is -0.610. The van der Waals surface area contributed by atoms with Crippen molar-refractivity contribution in [3.8, 4) is 0 Å². The second-order valence-electron chi connectivity index (χ2n) is 5.29. The number of likely N-dealkylation sites (N-methyl/N-ethyl adjacent to an activating group) is 1. The van der Waals surface area contributed by atoms with E-state index in [1.54, 1.807) is 4.90 Å². The summed E-state index contributed by atoms with van der Waals surface area (Å²) >= 11 is 0. The molecule has 0 aromatic carbocycles. The van der Waals surface area contributed by atoms with Crippen LogP contribution >= 0.6 is 0 Å². The van der Waals surface area contributed by atoms with E-state index in [1.807, 2.05) is 14.0 Å². The number of amides is 1. The summed E-state index contributed by atoms with van der Waals surface area (Å²) in [7, 11) is 1.88. The Kier molecular flexibility index (Phi) is 7.28. The van der Waals surface area contributed by atoms with Crippen molar-refractivity contribution in [1.82, 2.24) is 15.1 Å². The van der Waals surface area contributed by atoms with Gasteiger partial charge in [-0.3, -0.25) is 9.69 Å². The molecule has 1 unspecified atom stereocenters. The van der Waals surface area contributed by atoms with Crippen LogP contribution in [0.15, 0.2) is 0 Å². The molecule has 0 aromatic heterocycles. The third-order valence-electron chi connectivity index (χ3n) is 3.73. The fourth-order valence-corrected chi connectivity index (χ4v) is 2.33. The number of carbonyl (C=O) groups is 1. The Morgan fingerprint density at radius 2 is 2.17 bits per heavy atom. The van der Waals surface area contributed by atoms with E-state index in [1.165, 1.54) is 25.7 Å². The summed E-state index contributed by atoms with van der Waals surface area (Å²) in [5.41, 5.74) is 0. The van der Waals surface area contributed by atoms with E-state index in [0.29, 0.717) is 12.6 Å². The Morgan fingerprint density at radius 3 is 2.72 bits per heavy atom. The summed E-state index contributed by atoms with van der Waals surface area (Å²) in [5.74, 6) is 0.242. The van der Waals surface area contributed by atoms with Gasteiger partial charge in [-0.25, -0.2) is 0 Å². The molecule has 1 saturated heterocycles. The third kappa shape index (κ3) is 5.36. The molecule has 1 fully saturated rings.